The lowest BCUT2D eigenvalue weighted by Gasteiger charge is -2.16. The summed E-state index contributed by atoms with van der Waals surface area (Å²) < 4.78 is 12.8. The van der Waals surface area contributed by atoms with E-state index < -0.39 is 6.10 Å². The fraction of sp³-hybridized carbons (Fsp3) is 0.357. The molecule has 0 aliphatic carbocycles. The van der Waals surface area contributed by atoms with Crippen molar-refractivity contribution >= 4 is 5.91 Å². The molecule has 1 saturated heterocycles. The molecule has 116 valence electrons. The van der Waals surface area contributed by atoms with E-state index in [0.717, 1.165) is 0 Å². The molecule has 0 aromatic carbocycles. The Bertz CT molecular complexity index is 631. The molecule has 0 saturated carbocycles. The Balaban J connectivity index is 1.57. The number of hydrogen-bond acceptors (Lipinski definition) is 5. The molecule has 2 aromatic heterocycles. The molecule has 7 nitrogen and oxygen atoms in total. The number of carbonyl (C=O) groups excluding carboxylic acids is 1. The Hall–Kier alpha value is -2.32. The van der Waals surface area contributed by atoms with Crippen LogP contribution in [0.1, 0.15) is 16.2 Å². The van der Waals surface area contributed by atoms with Gasteiger partial charge in [-0.25, -0.2) is 4.39 Å². The van der Waals surface area contributed by atoms with Crippen molar-refractivity contribution in [3.8, 4) is 0 Å². The summed E-state index contributed by atoms with van der Waals surface area (Å²) in [6, 6.07) is 4.16. The van der Waals surface area contributed by atoms with Crippen LogP contribution in [-0.4, -0.2) is 56.3 Å². The van der Waals surface area contributed by atoms with Crippen LogP contribution in [0.3, 0.4) is 0 Å². The second kappa shape index (κ2) is 6.20. The van der Waals surface area contributed by atoms with Gasteiger partial charge in [0, 0.05) is 25.8 Å². The van der Waals surface area contributed by atoms with Gasteiger partial charge in [0.2, 0.25) is 0 Å². The van der Waals surface area contributed by atoms with Crippen molar-refractivity contribution in [3.05, 3.63) is 47.8 Å². The molecule has 0 unspecified atom stereocenters. The van der Waals surface area contributed by atoms with Crippen LogP contribution in [-0.2, 0) is 6.54 Å². The highest BCUT2D eigenvalue weighted by molar-refractivity contribution is 5.92. The number of amides is 1. The predicted octanol–water partition coefficient (Wildman–Crippen LogP) is -0.0811. The van der Waals surface area contributed by atoms with Crippen molar-refractivity contribution in [2.24, 2.45) is 0 Å². The summed E-state index contributed by atoms with van der Waals surface area (Å²) in [4.78, 5) is 17.9. The maximum absolute atomic E-state index is 12.8. The lowest BCUT2D eigenvalue weighted by Crippen LogP contribution is -2.43. The minimum absolute atomic E-state index is 0.302. The van der Waals surface area contributed by atoms with E-state index in [0.29, 0.717) is 31.0 Å². The zero-order chi connectivity index (χ0) is 15.5. The molecular formula is C14H16FN5O2. The van der Waals surface area contributed by atoms with Crippen LogP contribution in [0.4, 0.5) is 4.39 Å². The molecule has 2 aromatic rings. The highest BCUT2D eigenvalue weighted by Crippen LogP contribution is 2.14. The van der Waals surface area contributed by atoms with Crippen LogP contribution >= 0.6 is 0 Å². The molecule has 1 aliphatic heterocycles. The van der Waals surface area contributed by atoms with Crippen molar-refractivity contribution in [1.82, 2.24) is 25.4 Å². The summed E-state index contributed by atoms with van der Waals surface area (Å²) in [5.41, 5.74) is 1.07. The number of halogens is 1. The van der Waals surface area contributed by atoms with Crippen LogP contribution in [0.2, 0.25) is 0 Å². The maximum atomic E-state index is 12.8. The summed E-state index contributed by atoms with van der Waals surface area (Å²) in [6.45, 7) is 1.42. The van der Waals surface area contributed by atoms with Gasteiger partial charge in [-0.15, -0.1) is 0 Å². The molecule has 8 heteroatoms. The van der Waals surface area contributed by atoms with E-state index in [1.54, 1.807) is 12.1 Å². The minimum Gasteiger partial charge on any atom is -0.390 e. The largest absolute Gasteiger partial charge is 0.390 e. The number of aromatic amines is 1. The number of hydrogen-bond donors (Lipinski definition) is 3. The van der Waals surface area contributed by atoms with Gasteiger partial charge < -0.3 is 10.4 Å². The number of rotatable bonds is 4. The molecule has 3 rings (SSSR count). The number of likely N-dealkylation sites (tertiary alicyclic amines) is 1. The number of aromatic nitrogens is 3. The van der Waals surface area contributed by atoms with E-state index in [1.807, 2.05) is 4.90 Å². The molecule has 0 spiro atoms. The normalized spacial score (nSPS) is 21.9. The van der Waals surface area contributed by atoms with Gasteiger partial charge in [0.05, 0.1) is 24.0 Å². The maximum Gasteiger partial charge on any atom is 0.269 e. The Morgan fingerprint density at radius 1 is 1.45 bits per heavy atom. The number of β-amino-alcohol motifs (C(OH)–C–C–N with tert-alkyl or cyclic N) is 1. The first-order valence-corrected chi connectivity index (χ1v) is 6.93. The van der Waals surface area contributed by atoms with Crippen LogP contribution in [0.15, 0.2) is 30.6 Å². The predicted molar refractivity (Wildman–Crippen MR) is 75.3 cm³/mol. The summed E-state index contributed by atoms with van der Waals surface area (Å²) in [6.07, 6.45) is 2.00. The molecule has 1 amide bonds. The third kappa shape index (κ3) is 3.29. The van der Waals surface area contributed by atoms with Crippen molar-refractivity contribution in [2.75, 3.05) is 13.1 Å². The van der Waals surface area contributed by atoms with E-state index in [4.69, 9.17) is 0 Å². The average Bonchev–Trinajstić information content (AvgIpc) is 3.12. The van der Waals surface area contributed by atoms with E-state index in [2.05, 4.69) is 20.5 Å². The van der Waals surface area contributed by atoms with Crippen LogP contribution < -0.4 is 5.32 Å². The summed E-state index contributed by atoms with van der Waals surface area (Å²) in [5.74, 6) is -0.682. The van der Waals surface area contributed by atoms with Crippen molar-refractivity contribution in [1.29, 1.82) is 0 Å². The van der Waals surface area contributed by atoms with Crippen molar-refractivity contribution < 1.29 is 14.3 Å². The van der Waals surface area contributed by atoms with Gasteiger partial charge in [0.15, 0.2) is 0 Å². The third-order valence-electron chi connectivity index (χ3n) is 3.60. The fourth-order valence-corrected chi connectivity index (χ4v) is 2.49. The average molecular weight is 305 g/mol. The van der Waals surface area contributed by atoms with Crippen LogP contribution in [0.25, 0.3) is 0 Å². The third-order valence-corrected chi connectivity index (χ3v) is 3.60. The van der Waals surface area contributed by atoms with Gasteiger partial charge in [-0.1, -0.05) is 0 Å². The molecule has 3 N–H and O–H groups in total. The molecule has 0 bridgehead atoms. The number of nitrogens with one attached hydrogen (secondary N) is 2. The lowest BCUT2D eigenvalue weighted by molar-refractivity contribution is 0.0883. The van der Waals surface area contributed by atoms with Gasteiger partial charge in [-0.2, -0.15) is 5.10 Å². The van der Waals surface area contributed by atoms with Crippen molar-refractivity contribution in [2.45, 2.75) is 18.7 Å². The van der Waals surface area contributed by atoms with Gasteiger partial charge in [0.1, 0.15) is 11.5 Å². The van der Waals surface area contributed by atoms with Gasteiger partial charge in [0.25, 0.3) is 5.91 Å². The SMILES string of the molecule is O=C(N[C@@H]1CN(Cc2ccc(F)cn2)C[C@H]1O)c1ccn[nH]1. The van der Waals surface area contributed by atoms with Gasteiger partial charge in [-0.05, 0) is 18.2 Å². The number of carbonyl (C=O) groups is 1. The Kier molecular flexibility index (Phi) is 4.12. The Morgan fingerprint density at radius 3 is 3.00 bits per heavy atom. The van der Waals surface area contributed by atoms with E-state index >= 15 is 0 Å². The van der Waals surface area contributed by atoms with Gasteiger partial charge in [-0.3, -0.25) is 19.8 Å². The highest BCUT2D eigenvalue weighted by atomic mass is 19.1. The molecule has 1 fully saturated rings. The molecule has 2 atom stereocenters. The topological polar surface area (TPSA) is 94.1 Å². The molecular weight excluding hydrogens is 289 g/mol. The second-order valence-electron chi connectivity index (χ2n) is 5.28. The Labute approximate surface area is 126 Å². The van der Waals surface area contributed by atoms with Gasteiger partial charge >= 0.3 is 0 Å². The number of nitrogens with zero attached hydrogens (tertiary/aromatic N) is 3. The zero-order valence-electron chi connectivity index (χ0n) is 11.7. The highest BCUT2D eigenvalue weighted by Gasteiger charge is 2.32. The fourth-order valence-electron chi connectivity index (χ4n) is 2.49. The zero-order valence-corrected chi connectivity index (χ0v) is 11.7. The minimum atomic E-state index is -0.660. The molecule has 1 aliphatic rings. The quantitative estimate of drug-likeness (QED) is 0.734. The standard InChI is InChI=1S/C14H16FN5O2/c15-9-1-2-10(16-5-9)6-20-7-12(13(21)8-20)18-14(22)11-3-4-17-19-11/h1-5,12-13,21H,6-8H2,(H,17,19)(H,18,22)/t12-,13-/m1/s1. The lowest BCUT2D eigenvalue weighted by atomic mass is 10.2. The summed E-state index contributed by atoms with van der Waals surface area (Å²) in [7, 11) is 0. The first-order valence-electron chi connectivity index (χ1n) is 6.93. The second-order valence-corrected chi connectivity index (χ2v) is 5.28. The van der Waals surface area contributed by atoms with Crippen molar-refractivity contribution in [3.63, 3.8) is 0 Å². The smallest absolute Gasteiger partial charge is 0.269 e. The number of pyridine rings is 1. The number of aliphatic hydroxyl groups is 1. The van der Waals surface area contributed by atoms with Crippen LogP contribution in [0.5, 0.6) is 0 Å². The first kappa shape index (κ1) is 14.6. The van der Waals surface area contributed by atoms with E-state index in [-0.39, 0.29) is 17.8 Å². The molecule has 3 heterocycles. The summed E-state index contributed by atoms with van der Waals surface area (Å²) in [5, 5.41) is 19.1. The first-order chi connectivity index (χ1) is 10.6. The number of aliphatic hydroxyl groups excluding tert-OH is 1. The Morgan fingerprint density at radius 2 is 2.32 bits per heavy atom. The monoisotopic (exact) mass is 305 g/mol. The van der Waals surface area contributed by atoms with E-state index in [9.17, 15) is 14.3 Å². The summed E-state index contributed by atoms with van der Waals surface area (Å²) >= 11 is 0. The molecule has 0 radical (unpaired) electrons. The molecule has 22 heavy (non-hydrogen) atoms. The van der Waals surface area contributed by atoms with E-state index in [1.165, 1.54) is 18.5 Å². The number of H-pyrrole nitrogens is 1. The van der Waals surface area contributed by atoms with Crippen LogP contribution in [0, 0.1) is 5.82 Å².